The smallest absolute Gasteiger partial charge is 0.112 e. The van der Waals surface area contributed by atoms with E-state index >= 15 is 0 Å². The quantitative estimate of drug-likeness (QED) is 0.735. The second kappa shape index (κ2) is 6.16. The number of rotatable bonds is 2. The van der Waals surface area contributed by atoms with Crippen LogP contribution in [0.3, 0.4) is 0 Å². The van der Waals surface area contributed by atoms with Crippen molar-refractivity contribution >= 4 is 10.9 Å². The summed E-state index contributed by atoms with van der Waals surface area (Å²) in [6.07, 6.45) is 2.61. The molecule has 0 saturated carbocycles. The maximum absolute atomic E-state index is 11.9. The number of aromatic nitrogens is 2. The van der Waals surface area contributed by atoms with Crippen LogP contribution in [-0.2, 0) is 25.0 Å². The van der Waals surface area contributed by atoms with Gasteiger partial charge in [-0.05, 0) is 64.4 Å². The van der Waals surface area contributed by atoms with Crippen molar-refractivity contribution in [2.24, 2.45) is 0 Å². The van der Waals surface area contributed by atoms with Crippen LogP contribution in [0.1, 0.15) is 53.2 Å². The van der Waals surface area contributed by atoms with Gasteiger partial charge in [0.15, 0.2) is 0 Å². The van der Waals surface area contributed by atoms with Gasteiger partial charge >= 0.3 is 0 Å². The summed E-state index contributed by atoms with van der Waals surface area (Å²) in [5, 5.41) is 13.2. The molecule has 4 heteroatoms. The zero-order valence-corrected chi connectivity index (χ0v) is 17.3. The van der Waals surface area contributed by atoms with Crippen molar-refractivity contribution in [3.05, 3.63) is 64.1 Å². The number of aryl methyl sites for hydroxylation is 3. The van der Waals surface area contributed by atoms with Gasteiger partial charge in [0.2, 0.25) is 0 Å². The molecule has 5 rings (SSSR count). The fourth-order valence-corrected chi connectivity index (χ4v) is 5.37. The third kappa shape index (κ3) is 2.48. The van der Waals surface area contributed by atoms with E-state index in [2.05, 4.69) is 54.6 Å². The number of aliphatic hydroxyl groups is 1. The Labute approximate surface area is 166 Å². The molecule has 4 nitrogen and oxygen atoms in total. The van der Waals surface area contributed by atoms with Gasteiger partial charge in [0.25, 0.3) is 0 Å². The van der Waals surface area contributed by atoms with Crippen LogP contribution >= 0.6 is 0 Å². The number of hydrogen-bond acceptors (Lipinski definition) is 3. The number of hydrogen-bond donors (Lipinski definition) is 1. The Kier molecular flexibility index (Phi) is 3.94. The van der Waals surface area contributed by atoms with Crippen molar-refractivity contribution in [2.45, 2.75) is 58.2 Å². The average Bonchev–Trinajstić information content (AvgIpc) is 3.16. The maximum Gasteiger partial charge on any atom is 0.112 e. The molecule has 1 aliphatic carbocycles. The second-order valence-electron chi connectivity index (χ2n) is 8.85. The van der Waals surface area contributed by atoms with Crippen LogP contribution in [0.4, 0.5) is 0 Å². The Morgan fingerprint density at radius 2 is 1.96 bits per heavy atom. The minimum Gasteiger partial charge on any atom is -0.383 e. The Balaban J connectivity index is 1.70. The molecule has 2 aromatic heterocycles. The van der Waals surface area contributed by atoms with Crippen LogP contribution in [-0.4, -0.2) is 33.1 Å². The molecule has 0 radical (unpaired) electrons. The van der Waals surface area contributed by atoms with Gasteiger partial charge in [0.05, 0.1) is 6.04 Å². The first-order valence-corrected chi connectivity index (χ1v) is 10.4. The molecule has 1 aromatic carbocycles. The first kappa shape index (κ1) is 17.9. The molecule has 0 spiro atoms. The summed E-state index contributed by atoms with van der Waals surface area (Å²) >= 11 is 0. The lowest BCUT2D eigenvalue weighted by molar-refractivity contribution is -0.00902. The van der Waals surface area contributed by atoms with Crippen molar-refractivity contribution in [2.75, 3.05) is 13.6 Å². The van der Waals surface area contributed by atoms with E-state index in [1.807, 2.05) is 13.0 Å². The topological polar surface area (TPSA) is 41.3 Å². The molecule has 0 bridgehead atoms. The van der Waals surface area contributed by atoms with Gasteiger partial charge in [0, 0.05) is 53.1 Å². The lowest BCUT2D eigenvalue weighted by Crippen LogP contribution is -2.35. The highest BCUT2D eigenvalue weighted by Gasteiger charge is 2.44. The number of fused-ring (bicyclic) bond motifs is 4. The minimum absolute atomic E-state index is 0.0318. The van der Waals surface area contributed by atoms with E-state index in [0.717, 1.165) is 49.3 Å². The Morgan fingerprint density at radius 3 is 2.79 bits per heavy atom. The lowest BCUT2D eigenvalue weighted by Gasteiger charge is -2.35. The lowest BCUT2D eigenvalue weighted by atomic mass is 9.88. The summed E-state index contributed by atoms with van der Waals surface area (Å²) in [7, 11) is 2.19. The summed E-state index contributed by atoms with van der Waals surface area (Å²) in [6.45, 7) is 8.41. The van der Waals surface area contributed by atoms with E-state index in [1.54, 1.807) is 0 Å². The Bertz CT molecular complexity index is 1080. The number of nitrogens with zero attached hydrogens (tertiary/aromatic N) is 3. The number of pyridine rings is 1. The van der Waals surface area contributed by atoms with Crippen LogP contribution in [0.25, 0.3) is 10.9 Å². The van der Waals surface area contributed by atoms with Crippen molar-refractivity contribution < 1.29 is 5.11 Å². The van der Waals surface area contributed by atoms with Gasteiger partial charge in [-0.1, -0.05) is 17.7 Å². The second-order valence-corrected chi connectivity index (χ2v) is 8.85. The average molecular weight is 376 g/mol. The zero-order chi connectivity index (χ0) is 19.6. The summed E-state index contributed by atoms with van der Waals surface area (Å²) in [5.74, 6) is 0. The molecule has 0 fully saturated rings. The van der Waals surface area contributed by atoms with E-state index in [-0.39, 0.29) is 6.04 Å². The number of likely N-dealkylation sites (N-methyl/N-ethyl adjacent to an activating group) is 1. The maximum atomic E-state index is 11.9. The van der Waals surface area contributed by atoms with Crippen molar-refractivity contribution in [1.29, 1.82) is 0 Å². The highest BCUT2D eigenvalue weighted by Crippen LogP contribution is 2.46. The first-order valence-electron chi connectivity index (χ1n) is 10.4. The van der Waals surface area contributed by atoms with Crippen LogP contribution in [0.15, 0.2) is 30.3 Å². The summed E-state index contributed by atoms with van der Waals surface area (Å²) in [4.78, 5) is 7.10. The van der Waals surface area contributed by atoms with E-state index < -0.39 is 5.60 Å². The molecule has 0 saturated heterocycles. The summed E-state index contributed by atoms with van der Waals surface area (Å²) in [6, 6.07) is 10.8. The molecule has 1 aliphatic heterocycles. The van der Waals surface area contributed by atoms with Crippen molar-refractivity contribution in [1.82, 2.24) is 14.5 Å². The largest absolute Gasteiger partial charge is 0.383 e. The van der Waals surface area contributed by atoms with Crippen LogP contribution in [0, 0.1) is 13.8 Å². The van der Waals surface area contributed by atoms with Gasteiger partial charge in [-0.25, -0.2) is 0 Å². The molecule has 28 heavy (non-hydrogen) atoms. The monoisotopic (exact) mass is 375 g/mol. The van der Waals surface area contributed by atoms with Gasteiger partial charge in [-0.15, -0.1) is 0 Å². The third-order valence-corrected chi connectivity index (χ3v) is 6.94. The zero-order valence-electron chi connectivity index (χ0n) is 17.3. The van der Waals surface area contributed by atoms with Gasteiger partial charge in [-0.2, -0.15) is 0 Å². The first-order chi connectivity index (χ1) is 13.4. The minimum atomic E-state index is -0.871. The summed E-state index contributed by atoms with van der Waals surface area (Å²) in [5.41, 5.74) is 7.60. The SMILES string of the molecule is Cc1ccc2c(c1)c1c(n2C(C)C2(O)CCc3nc(C)ccc32)CCN(C)C1. The molecule has 2 atom stereocenters. The fourth-order valence-electron chi connectivity index (χ4n) is 5.37. The molecular weight excluding hydrogens is 346 g/mol. The van der Waals surface area contributed by atoms with Crippen LogP contribution < -0.4 is 0 Å². The molecule has 0 amide bonds. The molecule has 2 unspecified atom stereocenters. The highest BCUT2D eigenvalue weighted by molar-refractivity contribution is 5.86. The standard InChI is InChI=1S/C24H29N3O/c1-15-5-8-22-18(13-15)19-14-26(4)12-10-23(19)27(22)17(3)24(28)11-9-21-20(24)7-6-16(2)25-21/h5-8,13,17,28H,9-12,14H2,1-4H3. The molecule has 3 heterocycles. The predicted octanol–water partition coefficient (Wildman–Crippen LogP) is 4.04. The molecule has 2 aliphatic rings. The normalized spacial score (nSPS) is 23.0. The van der Waals surface area contributed by atoms with Crippen molar-refractivity contribution in [3.63, 3.8) is 0 Å². The van der Waals surface area contributed by atoms with Gasteiger partial charge < -0.3 is 14.6 Å². The van der Waals surface area contributed by atoms with E-state index in [9.17, 15) is 5.11 Å². The van der Waals surface area contributed by atoms with Crippen LogP contribution in [0.5, 0.6) is 0 Å². The van der Waals surface area contributed by atoms with E-state index in [1.165, 1.54) is 27.7 Å². The highest BCUT2D eigenvalue weighted by atomic mass is 16.3. The van der Waals surface area contributed by atoms with E-state index in [0.29, 0.717) is 0 Å². The number of benzene rings is 1. The van der Waals surface area contributed by atoms with E-state index in [4.69, 9.17) is 4.98 Å². The van der Waals surface area contributed by atoms with Crippen molar-refractivity contribution in [3.8, 4) is 0 Å². The Morgan fingerprint density at radius 1 is 1.14 bits per heavy atom. The third-order valence-electron chi connectivity index (χ3n) is 6.94. The van der Waals surface area contributed by atoms with Gasteiger partial charge in [-0.3, -0.25) is 4.98 Å². The molecule has 1 N–H and O–H groups in total. The summed E-state index contributed by atoms with van der Waals surface area (Å²) < 4.78 is 2.44. The predicted molar refractivity (Wildman–Crippen MR) is 113 cm³/mol. The molecule has 146 valence electrons. The molecule has 3 aromatic rings. The Hall–Kier alpha value is -2.17. The molecular formula is C24H29N3O. The van der Waals surface area contributed by atoms with Crippen LogP contribution in [0.2, 0.25) is 0 Å². The fraction of sp³-hybridized carbons (Fsp3) is 0.458. The van der Waals surface area contributed by atoms with Gasteiger partial charge in [0.1, 0.15) is 5.60 Å².